The molecule has 0 spiro atoms. The Kier molecular flexibility index (Phi) is 6.11. The summed E-state index contributed by atoms with van der Waals surface area (Å²) in [6, 6.07) is 0.939. The Bertz CT molecular complexity index is 141. The van der Waals surface area contributed by atoms with E-state index >= 15 is 0 Å². The summed E-state index contributed by atoms with van der Waals surface area (Å²) in [7, 11) is 0. The summed E-state index contributed by atoms with van der Waals surface area (Å²) in [6.45, 7) is 7.22. The van der Waals surface area contributed by atoms with E-state index in [1.165, 1.54) is 50.5 Å². The van der Waals surface area contributed by atoms with Crippen LogP contribution in [0.2, 0.25) is 0 Å². The Morgan fingerprint density at radius 2 is 2.07 bits per heavy atom. The Hall–Kier alpha value is 0.440. The minimum absolute atomic E-state index is 0.854. The van der Waals surface area contributed by atoms with Gasteiger partial charge in [-0.2, -0.15) is 0 Å². The van der Waals surface area contributed by atoms with Gasteiger partial charge in [0.25, 0.3) is 0 Å². The van der Waals surface area contributed by atoms with E-state index in [0.29, 0.717) is 0 Å². The van der Waals surface area contributed by atoms with E-state index in [0.717, 1.165) is 12.0 Å². The molecule has 0 aromatic heterocycles. The first-order chi connectivity index (χ1) is 6.81. The van der Waals surface area contributed by atoms with Crippen LogP contribution in [-0.2, 0) is 0 Å². The first kappa shape index (κ1) is 12.5. The predicted octanol–water partition coefficient (Wildman–Crippen LogP) is 3.67. The first-order valence-corrected chi connectivity index (χ1v) is 7.23. The van der Waals surface area contributed by atoms with Gasteiger partial charge in [0, 0.05) is 17.9 Å². The average molecular weight is 262 g/mol. The molecule has 0 aromatic rings. The van der Waals surface area contributed by atoms with Crippen molar-refractivity contribution in [3.05, 3.63) is 0 Å². The molecule has 0 amide bonds. The van der Waals surface area contributed by atoms with E-state index in [-0.39, 0.29) is 0 Å². The lowest BCUT2D eigenvalue weighted by Gasteiger charge is -2.25. The number of halogens is 1. The van der Waals surface area contributed by atoms with Crippen LogP contribution in [0, 0.1) is 5.92 Å². The summed E-state index contributed by atoms with van der Waals surface area (Å²) < 4.78 is 0. The van der Waals surface area contributed by atoms with Crippen molar-refractivity contribution in [1.82, 2.24) is 4.90 Å². The van der Waals surface area contributed by atoms with Crippen molar-refractivity contribution < 1.29 is 0 Å². The average Bonchev–Trinajstić information content (AvgIpc) is 3.02. The summed E-state index contributed by atoms with van der Waals surface area (Å²) in [6.07, 6.45) is 6.90. The van der Waals surface area contributed by atoms with Gasteiger partial charge in [0.15, 0.2) is 0 Å². The monoisotopic (exact) mass is 261 g/mol. The van der Waals surface area contributed by atoms with Crippen LogP contribution in [-0.4, -0.2) is 29.4 Å². The predicted molar refractivity (Wildman–Crippen MR) is 67.1 cm³/mol. The molecule has 0 saturated heterocycles. The summed E-state index contributed by atoms with van der Waals surface area (Å²) in [5, 5.41) is 1.17. The number of unbranched alkanes of at least 4 members (excludes halogenated alkanes) is 1. The lowest BCUT2D eigenvalue weighted by atomic mass is 10.1. The van der Waals surface area contributed by atoms with Crippen LogP contribution in [0.1, 0.15) is 46.0 Å². The van der Waals surface area contributed by atoms with E-state index in [9.17, 15) is 0 Å². The fourth-order valence-corrected chi connectivity index (χ4v) is 2.51. The summed E-state index contributed by atoms with van der Waals surface area (Å²) >= 11 is 3.62. The van der Waals surface area contributed by atoms with Crippen LogP contribution in [0.4, 0.5) is 0 Å². The molecule has 1 saturated carbocycles. The fourth-order valence-electron chi connectivity index (χ4n) is 1.84. The number of nitrogens with zero attached hydrogens (tertiary/aromatic N) is 1. The molecular formula is C12H24BrN. The molecule has 1 nitrogen and oxygen atoms in total. The van der Waals surface area contributed by atoms with Gasteiger partial charge < -0.3 is 4.90 Å². The van der Waals surface area contributed by atoms with Crippen molar-refractivity contribution in [3.8, 4) is 0 Å². The summed E-state index contributed by atoms with van der Waals surface area (Å²) in [5.41, 5.74) is 0. The molecular weight excluding hydrogens is 238 g/mol. The smallest absolute Gasteiger partial charge is 0.00965 e. The van der Waals surface area contributed by atoms with E-state index in [4.69, 9.17) is 0 Å². The second kappa shape index (κ2) is 6.84. The largest absolute Gasteiger partial charge is 0.300 e. The molecule has 1 fully saturated rings. The van der Waals surface area contributed by atoms with Crippen molar-refractivity contribution in [2.24, 2.45) is 5.92 Å². The topological polar surface area (TPSA) is 3.24 Å². The zero-order valence-electron chi connectivity index (χ0n) is 9.64. The molecule has 1 aliphatic carbocycles. The number of rotatable bonds is 8. The zero-order chi connectivity index (χ0) is 10.4. The molecule has 1 aliphatic rings. The van der Waals surface area contributed by atoms with Gasteiger partial charge in [-0.3, -0.25) is 0 Å². The van der Waals surface area contributed by atoms with Crippen molar-refractivity contribution >= 4 is 15.9 Å². The summed E-state index contributed by atoms with van der Waals surface area (Å²) in [5.74, 6) is 0.854. The second-order valence-corrected chi connectivity index (χ2v) is 5.16. The standard InChI is InChI=1S/C12H24BrN/c1-3-5-8-14(12-6-7-12)10-11(4-2)9-13/h11-12H,3-10H2,1-2H3. The molecule has 0 heterocycles. The molecule has 0 radical (unpaired) electrons. The quantitative estimate of drug-likeness (QED) is 0.603. The van der Waals surface area contributed by atoms with Crippen LogP contribution < -0.4 is 0 Å². The second-order valence-electron chi connectivity index (χ2n) is 4.51. The van der Waals surface area contributed by atoms with E-state index in [2.05, 4.69) is 34.7 Å². The molecule has 1 atom stereocenters. The third kappa shape index (κ3) is 4.31. The van der Waals surface area contributed by atoms with Crippen molar-refractivity contribution in [3.63, 3.8) is 0 Å². The van der Waals surface area contributed by atoms with Crippen molar-refractivity contribution in [1.29, 1.82) is 0 Å². The molecule has 14 heavy (non-hydrogen) atoms. The highest BCUT2D eigenvalue weighted by Crippen LogP contribution is 2.28. The van der Waals surface area contributed by atoms with Gasteiger partial charge in [0.1, 0.15) is 0 Å². The molecule has 1 rings (SSSR count). The molecule has 0 N–H and O–H groups in total. The van der Waals surface area contributed by atoms with E-state index < -0.39 is 0 Å². The zero-order valence-corrected chi connectivity index (χ0v) is 11.2. The van der Waals surface area contributed by atoms with E-state index in [1.807, 2.05) is 0 Å². The first-order valence-electron chi connectivity index (χ1n) is 6.11. The molecule has 0 aliphatic heterocycles. The van der Waals surface area contributed by atoms with Gasteiger partial charge in [-0.15, -0.1) is 0 Å². The maximum Gasteiger partial charge on any atom is 0.00965 e. The molecule has 2 heteroatoms. The number of hydrogen-bond acceptors (Lipinski definition) is 1. The summed E-state index contributed by atoms with van der Waals surface area (Å²) in [4.78, 5) is 2.72. The molecule has 84 valence electrons. The maximum absolute atomic E-state index is 3.62. The minimum atomic E-state index is 0.854. The van der Waals surface area contributed by atoms with Crippen molar-refractivity contribution in [2.45, 2.75) is 52.0 Å². The van der Waals surface area contributed by atoms with Gasteiger partial charge in [-0.1, -0.05) is 42.6 Å². The fraction of sp³-hybridized carbons (Fsp3) is 1.00. The molecule has 0 bridgehead atoms. The number of alkyl halides is 1. The Morgan fingerprint density at radius 3 is 2.50 bits per heavy atom. The third-order valence-corrected chi connectivity index (χ3v) is 4.07. The van der Waals surface area contributed by atoms with Gasteiger partial charge in [0.2, 0.25) is 0 Å². The normalized spacial score (nSPS) is 18.9. The van der Waals surface area contributed by atoms with Gasteiger partial charge >= 0.3 is 0 Å². The van der Waals surface area contributed by atoms with Crippen molar-refractivity contribution in [2.75, 3.05) is 18.4 Å². The number of hydrogen-bond donors (Lipinski definition) is 0. The van der Waals surface area contributed by atoms with Crippen LogP contribution in [0.25, 0.3) is 0 Å². The lowest BCUT2D eigenvalue weighted by Crippen LogP contribution is -2.33. The lowest BCUT2D eigenvalue weighted by molar-refractivity contribution is 0.224. The maximum atomic E-state index is 3.62. The van der Waals surface area contributed by atoms with Crippen LogP contribution in [0.5, 0.6) is 0 Å². The highest BCUT2D eigenvalue weighted by Gasteiger charge is 2.29. The minimum Gasteiger partial charge on any atom is -0.300 e. The van der Waals surface area contributed by atoms with Gasteiger partial charge in [0.05, 0.1) is 0 Å². The van der Waals surface area contributed by atoms with Gasteiger partial charge in [-0.05, 0) is 31.7 Å². The Morgan fingerprint density at radius 1 is 1.36 bits per heavy atom. The SMILES string of the molecule is CCCCN(CC(CC)CBr)C1CC1. The van der Waals surface area contributed by atoms with E-state index in [1.54, 1.807) is 0 Å². The molecule has 0 aromatic carbocycles. The third-order valence-electron chi connectivity index (χ3n) is 3.15. The molecule has 1 unspecified atom stereocenters. The van der Waals surface area contributed by atoms with Crippen LogP contribution in [0.15, 0.2) is 0 Å². The Balaban J connectivity index is 2.26. The van der Waals surface area contributed by atoms with Crippen LogP contribution >= 0.6 is 15.9 Å². The highest BCUT2D eigenvalue weighted by molar-refractivity contribution is 9.09. The van der Waals surface area contributed by atoms with Crippen LogP contribution in [0.3, 0.4) is 0 Å². The Labute approximate surface area is 97.4 Å². The van der Waals surface area contributed by atoms with Gasteiger partial charge in [-0.25, -0.2) is 0 Å². The highest BCUT2D eigenvalue weighted by atomic mass is 79.9.